The van der Waals surface area contributed by atoms with Crippen molar-refractivity contribution in [1.29, 1.82) is 0 Å². The summed E-state index contributed by atoms with van der Waals surface area (Å²) < 4.78 is 6.03. The van der Waals surface area contributed by atoms with Crippen LogP contribution in [-0.2, 0) is 11.3 Å². The lowest BCUT2D eigenvalue weighted by Crippen LogP contribution is -2.43. The second-order valence-electron chi connectivity index (χ2n) is 6.57. The highest BCUT2D eigenvalue weighted by molar-refractivity contribution is 6.00. The minimum absolute atomic E-state index is 0.00308. The molecule has 1 amide bonds. The van der Waals surface area contributed by atoms with E-state index in [1.807, 2.05) is 41.3 Å². The van der Waals surface area contributed by atoms with Crippen LogP contribution in [0.15, 0.2) is 55.1 Å². The van der Waals surface area contributed by atoms with Crippen LogP contribution in [-0.4, -0.2) is 50.2 Å². The van der Waals surface area contributed by atoms with Crippen molar-refractivity contribution in [3.63, 3.8) is 0 Å². The van der Waals surface area contributed by atoms with Gasteiger partial charge in [0, 0.05) is 31.0 Å². The van der Waals surface area contributed by atoms with E-state index >= 15 is 0 Å². The summed E-state index contributed by atoms with van der Waals surface area (Å²) >= 11 is 0. The van der Waals surface area contributed by atoms with Crippen molar-refractivity contribution in [2.75, 3.05) is 13.1 Å². The first-order valence-corrected chi connectivity index (χ1v) is 9.06. The van der Waals surface area contributed by atoms with E-state index < -0.39 is 0 Å². The number of rotatable bonds is 5. The first-order valence-electron chi connectivity index (χ1n) is 9.06. The Morgan fingerprint density at radius 1 is 1.26 bits per heavy atom. The molecular formula is C20H21N5O2. The third-order valence-corrected chi connectivity index (χ3v) is 4.70. The van der Waals surface area contributed by atoms with Gasteiger partial charge in [-0.25, -0.2) is 4.98 Å². The molecule has 0 saturated carbocycles. The molecule has 4 rings (SSSR count). The molecule has 27 heavy (non-hydrogen) atoms. The van der Waals surface area contributed by atoms with E-state index in [1.165, 1.54) is 6.33 Å². The topological polar surface area (TPSA) is 84.0 Å². The molecule has 1 atom stereocenters. The first kappa shape index (κ1) is 17.4. The largest absolute Gasteiger partial charge is 0.372 e. The van der Waals surface area contributed by atoms with Gasteiger partial charge in [0.1, 0.15) is 6.33 Å². The Morgan fingerprint density at radius 3 is 3.00 bits per heavy atom. The lowest BCUT2D eigenvalue weighted by Gasteiger charge is -2.33. The Morgan fingerprint density at radius 2 is 2.19 bits per heavy atom. The zero-order valence-corrected chi connectivity index (χ0v) is 14.9. The summed E-state index contributed by atoms with van der Waals surface area (Å²) in [5, 5.41) is 6.73. The summed E-state index contributed by atoms with van der Waals surface area (Å²) in [5.74, 6) is 0.594. The lowest BCUT2D eigenvalue weighted by atomic mass is 10.0. The van der Waals surface area contributed by atoms with Crippen LogP contribution in [0.3, 0.4) is 0 Å². The van der Waals surface area contributed by atoms with Crippen LogP contribution in [0.4, 0.5) is 0 Å². The fourth-order valence-corrected chi connectivity index (χ4v) is 3.34. The molecule has 1 aliphatic heterocycles. The summed E-state index contributed by atoms with van der Waals surface area (Å²) in [4.78, 5) is 23.3. The number of carbonyl (C=O) groups excluding carboxylic acids is 1. The molecule has 0 radical (unpaired) electrons. The number of nitrogens with zero attached hydrogens (tertiary/aromatic N) is 4. The number of aromatic amines is 1. The van der Waals surface area contributed by atoms with Gasteiger partial charge in [0.2, 0.25) is 0 Å². The molecule has 3 heterocycles. The molecule has 3 aromatic rings. The number of ether oxygens (including phenoxy) is 1. The van der Waals surface area contributed by atoms with Crippen LogP contribution in [0.25, 0.3) is 11.4 Å². The van der Waals surface area contributed by atoms with Gasteiger partial charge in [-0.05, 0) is 30.5 Å². The maximum Gasteiger partial charge on any atom is 0.254 e. The maximum atomic E-state index is 13.1. The van der Waals surface area contributed by atoms with Crippen molar-refractivity contribution in [3.05, 3.63) is 66.2 Å². The number of aromatic nitrogens is 4. The fraction of sp³-hybridized carbons (Fsp3) is 0.300. The molecular weight excluding hydrogens is 342 g/mol. The Bertz CT molecular complexity index is 882. The Labute approximate surface area is 157 Å². The first-order chi connectivity index (χ1) is 13.3. The number of amides is 1. The number of pyridine rings is 1. The van der Waals surface area contributed by atoms with Crippen LogP contribution in [0, 0.1) is 0 Å². The van der Waals surface area contributed by atoms with Gasteiger partial charge in [0.15, 0.2) is 5.82 Å². The minimum Gasteiger partial charge on any atom is -0.372 e. The molecule has 1 aromatic carbocycles. The highest BCUT2D eigenvalue weighted by Crippen LogP contribution is 2.23. The van der Waals surface area contributed by atoms with E-state index in [2.05, 4.69) is 20.2 Å². The normalized spacial score (nSPS) is 17.0. The molecule has 2 aromatic heterocycles. The van der Waals surface area contributed by atoms with Gasteiger partial charge in [0.05, 0.1) is 18.3 Å². The van der Waals surface area contributed by atoms with Gasteiger partial charge in [-0.15, -0.1) is 0 Å². The molecule has 1 unspecified atom stereocenters. The third-order valence-electron chi connectivity index (χ3n) is 4.70. The summed E-state index contributed by atoms with van der Waals surface area (Å²) in [6.45, 7) is 1.83. The van der Waals surface area contributed by atoms with Crippen LogP contribution in [0.5, 0.6) is 0 Å². The van der Waals surface area contributed by atoms with Gasteiger partial charge in [-0.1, -0.05) is 24.3 Å². The van der Waals surface area contributed by atoms with Crippen molar-refractivity contribution >= 4 is 5.91 Å². The summed E-state index contributed by atoms with van der Waals surface area (Å²) in [6.07, 6.45) is 6.90. The van der Waals surface area contributed by atoms with E-state index in [-0.39, 0.29) is 12.0 Å². The van der Waals surface area contributed by atoms with Crippen molar-refractivity contribution < 1.29 is 9.53 Å². The van der Waals surface area contributed by atoms with Crippen LogP contribution >= 0.6 is 0 Å². The van der Waals surface area contributed by atoms with E-state index in [1.54, 1.807) is 12.4 Å². The van der Waals surface area contributed by atoms with Gasteiger partial charge in [-0.2, -0.15) is 5.10 Å². The number of hydrogen-bond acceptors (Lipinski definition) is 5. The second-order valence-corrected chi connectivity index (χ2v) is 6.57. The number of piperidine rings is 1. The van der Waals surface area contributed by atoms with E-state index in [0.29, 0.717) is 24.5 Å². The highest BCUT2D eigenvalue weighted by atomic mass is 16.5. The van der Waals surface area contributed by atoms with Crippen LogP contribution in [0.2, 0.25) is 0 Å². The molecule has 1 aliphatic rings. The Kier molecular flexibility index (Phi) is 5.20. The van der Waals surface area contributed by atoms with Gasteiger partial charge in [-0.3, -0.25) is 14.9 Å². The minimum atomic E-state index is -0.00308. The predicted molar refractivity (Wildman–Crippen MR) is 99.8 cm³/mol. The quantitative estimate of drug-likeness (QED) is 0.753. The maximum absolute atomic E-state index is 13.1. The van der Waals surface area contributed by atoms with Crippen molar-refractivity contribution in [3.8, 4) is 11.4 Å². The van der Waals surface area contributed by atoms with Gasteiger partial charge < -0.3 is 9.64 Å². The molecule has 7 heteroatoms. The smallest absolute Gasteiger partial charge is 0.254 e. The molecule has 0 bridgehead atoms. The van der Waals surface area contributed by atoms with Crippen molar-refractivity contribution in [2.45, 2.75) is 25.6 Å². The monoisotopic (exact) mass is 363 g/mol. The van der Waals surface area contributed by atoms with E-state index in [4.69, 9.17) is 4.74 Å². The zero-order valence-electron chi connectivity index (χ0n) is 14.9. The zero-order chi connectivity index (χ0) is 18.5. The molecule has 7 nitrogen and oxygen atoms in total. The molecule has 138 valence electrons. The third kappa shape index (κ3) is 4.03. The number of hydrogen-bond donors (Lipinski definition) is 1. The number of benzene rings is 1. The molecule has 1 N–H and O–H groups in total. The van der Waals surface area contributed by atoms with E-state index in [0.717, 1.165) is 30.5 Å². The van der Waals surface area contributed by atoms with Gasteiger partial charge in [0.25, 0.3) is 5.91 Å². The van der Waals surface area contributed by atoms with E-state index in [9.17, 15) is 4.79 Å². The average Bonchev–Trinajstić information content (AvgIpc) is 3.27. The Hall–Kier alpha value is -3.06. The summed E-state index contributed by atoms with van der Waals surface area (Å²) in [6, 6.07) is 11.4. The van der Waals surface area contributed by atoms with Crippen LogP contribution < -0.4 is 0 Å². The fourth-order valence-electron chi connectivity index (χ4n) is 3.34. The standard InChI is InChI=1S/C20H21N5O2/c26-20(18-8-2-1-7-17(18)19-22-14-23-24-19)25-10-4-6-16(12-25)27-13-15-5-3-9-21-11-15/h1-3,5,7-9,11,14,16H,4,6,10,12-13H2,(H,22,23,24). The number of H-pyrrole nitrogens is 1. The summed E-state index contributed by atoms with van der Waals surface area (Å²) in [7, 11) is 0. The predicted octanol–water partition coefficient (Wildman–Crippen LogP) is 2.69. The lowest BCUT2D eigenvalue weighted by molar-refractivity contribution is -0.00679. The number of carbonyl (C=O) groups is 1. The van der Waals surface area contributed by atoms with Crippen molar-refractivity contribution in [1.82, 2.24) is 25.1 Å². The van der Waals surface area contributed by atoms with Crippen molar-refractivity contribution in [2.24, 2.45) is 0 Å². The average molecular weight is 363 g/mol. The van der Waals surface area contributed by atoms with Crippen LogP contribution in [0.1, 0.15) is 28.8 Å². The molecule has 0 aliphatic carbocycles. The molecule has 1 fully saturated rings. The highest BCUT2D eigenvalue weighted by Gasteiger charge is 2.26. The van der Waals surface area contributed by atoms with Gasteiger partial charge >= 0.3 is 0 Å². The second kappa shape index (κ2) is 8.09. The SMILES string of the molecule is O=C(c1ccccc1-c1ncn[nH]1)N1CCCC(OCc2cccnc2)C1. The molecule has 1 saturated heterocycles. The number of nitrogens with one attached hydrogen (secondary N) is 1. The number of likely N-dealkylation sites (tertiary alicyclic amines) is 1. The summed E-state index contributed by atoms with van der Waals surface area (Å²) in [5.41, 5.74) is 2.43. The molecule has 0 spiro atoms. The Balaban J connectivity index is 1.45.